The first kappa shape index (κ1) is 13.9. The lowest BCUT2D eigenvalue weighted by Crippen LogP contribution is -2.27. The zero-order valence-electron chi connectivity index (χ0n) is 13.2. The molecule has 1 aliphatic heterocycles. The summed E-state index contributed by atoms with van der Waals surface area (Å²) in [6.07, 6.45) is 5.49. The van der Waals surface area contributed by atoms with E-state index in [1.807, 2.05) is 19.2 Å². The lowest BCUT2D eigenvalue weighted by Gasteiger charge is -2.09. The fraction of sp³-hybridized carbons (Fsp3) is 0.211. The summed E-state index contributed by atoms with van der Waals surface area (Å²) in [5.41, 5.74) is 5.10. The van der Waals surface area contributed by atoms with E-state index in [1.54, 1.807) is 28.6 Å². The average molecular weight is 333 g/mol. The average Bonchev–Trinajstić information content (AvgIpc) is 3.24. The molecule has 0 radical (unpaired) electrons. The van der Waals surface area contributed by atoms with Crippen molar-refractivity contribution in [2.45, 2.75) is 18.3 Å². The number of carbonyl (C=O) groups excluding carboxylic acids is 1. The zero-order valence-corrected chi connectivity index (χ0v) is 14.0. The second-order valence-electron chi connectivity index (χ2n) is 6.45. The highest BCUT2D eigenvalue weighted by atomic mass is 32.1. The highest BCUT2D eigenvalue weighted by molar-refractivity contribution is 7.13. The molecule has 0 atom stereocenters. The van der Waals surface area contributed by atoms with E-state index in [0.717, 1.165) is 40.4 Å². The highest BCUT2D eigenvalue weighted by Crippen LogP contribution is 2.57. The van der Waals surface area contributed by atoms with Crippen LogP contribution in [-0.2, 0) is 10.2 Å². The molecule has 2 aromatic heterocycles. The van der Waals surface area contributed by atoms with Gasteiger partial charge in [-0.2, -0.15) is 0 Å². The topological polar surface area (TPSA) is 46.1 Å². The number of thiazole rings is 1. The van der Waals surface area contributed by atoms with Crippen molar-refractivity contribution < 1.29 is 4.79 Å². The van der Waals surface area contributed by atoms with Gasteiger partial charge in [0.05, 0.1) is 11.1 Å². The summed E-state index contributed by atoms with van der Waals surface area (Å²) in [4.78, 5) is 23.1. The Balaban J connectivity index is 1.57. The minimum absolute atomic E-state index is 0.241. The van der Waals surface area contributed by atoms with Gasteiger partial charge in [0.2, 0.25) is 5.91 Å². The maximum Gasteiger partial charge on any atom is 0.237 e. The van der Waals surface area contributed by atoms with E-state index in [4.69, 9.17) is 4.98 Å². The number of fused-ring (bicyclic) bond motifs is 2. The smallest absolute Gasteiger partial charge is 0.237 e. The Labute approximate surface area is 143 Å². The number of likely N-dealkylation sites (N-methyl/N-ethyl adjacent to an activating group) is 1. The standard InChI is InChI=1S/C19H15N3OS/c1-22-16-3-2-13(10-14(16)19(6-7-19)18(22)23)15-11-24-17(21-15)12-4-8-20-9-5-12/h2-5,8-11H,6-7H2,1H3. The second kappa shape index (κ2) is 4.74. The van der Waals surface area contributed by atoms with E-state index in [0.29, 0.717) is 0 Å². The molecular formula is C19H15N3OS. The molecule has 5 heteroatoms. The van der Waals surface area contributed by atoms with Crippen LogP contribution in [0.4, 0.5) is 5.69 Å². The first-order valence-corrected chi connectivity index (χ1v) is 8.86. The quantitative estimate of drug-likeness (QED) is 0.715. The Kier molecular flexibility index (Phi) is 2.74. The van der Waals surface area contributed by atoms with Crippen LogP contribution in [0, 0.1) is 0 Å². The molecule has 1 aromatic carbocycles. The van der Waals surface area contributed by atoms with Crippen molar-refractivity contribution in [1.29, 1.82) is 0 Å². The number of nitrogens with zero attached hydrogens (tertiary/aromatic N) is 3. The molecule has 1 spiro atoms. The minimum atomic E-state index is -0.246. The molecule has 0 N–H and O–H groups in total. The Morgan fingerprint density at radius 1 is 1.12 bits per heavy atom. The molecule has 4 nitrogen and oxygen atoms in total. The molecule has 118 valence electrons. The number of amides is 1. The van der Waals surface area contributed by atoms with Crippen LogP contribution in [0.1, 0.15) is 18.4 Å². The molecule has 3 aromatic rings. The van der Waals surface area contributed by atoms with E-state index in [1.165, 1.54) is 5.56 Å². The van der Waals surface area contributed by atoms with E-state index < -0.39 is 0 Å². The number of pyridine rings is 1. The molecule has 2 aliphatic rings. The second-order valence-corrected chi connectivity index (χ2v) is 7.31. The Hall–Kier alpha value is -2.53. The third-order valence-corrected chi connectivity index (χ3v) is 5.96. The molecule has 0 saturated heterocycles. The molecule has 5 rings (SSSR count). The first-order chi connectivity index (χ1) is 11.7. The number of aromatic nitrogens is 2. The minimum Gasteiger partial charge on any atom is -0.314 e. The summed E-state index contributed by atoms with van der Waals surface area (Å²) in [6, 6.07) is 10.2. The number of benzene rings is 1. The number of anilines is 1. The Bertz CT molecular complexity index is 960. The van der Waals surface area contributed by atoms with E-state index in [9.17, 15) is 4.79 Å². The Morgan fingerprint density at radius 2 is 1.92 bits per heavy atom. The van der Waals surface area contributed by atoms with Crippen LogP contribution in [-0.4, -0.2) is 22.9 Å². The van der Waals surface area contributed by atoms with Gasteiger partial charge in [0.15, 0.2) is 0 Å². The predicted octanol–water partition coefficient (Wildman–Crippen LogP) is 3.88. The monoisotopic (exact) mass is 333 g/mol. The van der Waals surface area contributed by atoms with Crippen molar-refractivity contribution >= 4 is 22.9 Å². The summed E-state index contributed by atoms with van der Waals surface area (Å²) in [6.45, 7) is 0. The molecule has 1 saturated carbocycles. The number of carbonyl (C=O) groups is 1. The van der Waals surface area contributed by atoms with Crippen molar-refractivity contribution in [3.63, 3.8) is 0 Å². The van der Waals surface area contributed by atoms with Gasteiger partial charge < -0.3 is 4.90 Å². The molecule has 24 heavy (non-hydrogen) atoms. The lowest BCUT2D eigenvalue weighted by atomic mass is 9.95. The van der Waals surface area contributed by atoms with Gasteiger partial charge in [0, 0.05) is 41.6 Å². The highest BCUT2D eigenvalue weighted by Gasteiger charge is 2.58. The molecule has 0 bridgehead atoms. The summed E-state index contributed by atoms with van der Waals surface area (Å²) in [7, 11) is 1.87. The van der Waals surface area contributed by atoms with Gasteiger partial charge in [-0.05, 0) is 42.7 Å². The van der Waals surface area contributed by atoms with Crippen molar-refractivity contribution in [1.82, 2.24) is 9.97 Å². The summed E-state index contributed by atoms with van der Waals surface area (Å²) >= 11 is 1.63. The van der Waals surface area contributed by atoms with Crippen LogP contribution < -0.4 is 4.90 Å². The third kappa shape index (κ3) is 1.82. The maximum atomic E-state index is 12.5. The van der Waals surface area contributed by atoms with Crippen LogP contribution in [0.2, 0.25) is 0 Å². The fourth-order valence-electron chi connectivity index (χ4n) is 3.56. The van der Waals surface area contributed by atoms with Crippen LogP contribution in [0.15, 0.2) is 48.1 Å². The van der Waals surface area contributed by atoms with Crippen LogP contribution >= 0.6 is 11.3 Å². The van der Waals surface area contributed by atoms with Crippen LogP contribution in [0.25, 0.3) is 21.8 Å². The van der Waals surface area contributed by atoms with E-state index >= 15 is 0 Å². The molecular weight excluding hydrogens is 318 g/mol. The summed E-state index contributed by atoms with van der Waals surface area (Å²) in [5.74, 6) is 0.241. The van der Waals surface area contributed by atoms with Gasteiger partial charge in [0.1, 0.15) is 5.01 Å². The lowest BCUT2D eigenvalue weighted by molar-refractivity contribution is -0.119. The molecule has 1 amide bonds. The van der Waals surface area contributed by atoms with Crippen LogP contribution in [0.3, 0.4) is 0 Å². The fourth-order valence-corrected chi connectivity index (χ4v) is 4.39. The predicted molar refractivity (Wildman–Crippen MR) is 95.1 cm³/mol. The van der Waals surface area contributed by atoms with Crippen molar-refractivity contribution in [2.75, 3.05) is 11.9 Å². The van der Waals surface area contributed by atoms with Crippen molar-refractivity contribution in [2.24, 2.45) is 0 Å². The number of hydrogen-bond donors (Lipinski definition) is 0. The summed E-state index contributed by atoms with van der Waals surface area (Å²) in [5, 5.41) is 3.07. The van der Waals surface area contributed by atoms with Gasteiger partial charge in [-0.3, -0.25) is 9.78 Å². The van der Waals surface area contributed by atoms with Crippen LogP contribution in [0.5, 0.6) is 0 Å². The Morgan fingerprint density at radius 3 is 2.67 bits per heavy atom. The van der Waals surface area contributed by atoms with Gasteiger partial charge in [0.25, 0.3) is 0 Å². The number of hydrogen-bond acceptors (Lipinski definition) is 4. The SMILES string of the molecule is CN1C(=O)C2(CC2)c2cc(-c3csc(-c4ccncc4)n3)ccc21. The summed E-state index contributed by atoms with van der Waals surface area (Å²) < 4.78 is 0. The third-order valence-electron chi connectivity index (χ3n) is 5.06. The van der Waals surface area contributed by atoms with Crippen molar-refractivity contribution in [3.05, 3.63) is 53.7 Å². The zero-order chi connectivity index (χ0) is 16.3. The first-order valence-electron chi connectivity index (χ1n) is 7.98. The number of rotatable bonds is 2. The molecule has 3 heterocycles. The largest absolute Gasteiger partial charge is 0.314 e. The van der Waals surface area contributed by atoms with Gasteiger partial charge in [-0.1, -0.05) is 6.07 Å². The normalized spacial score (nSPS) is 17.4. The van der Waals surface area contributed by atoms with Gasteiger partial charge in [-0.15, -0.1) is 11.3 Å². The van der Waals surface area contributed by atoms with Gasteiger partial charge in [-0.25, -0.2) is 4.98 Å². The van der Waals surface area contributed by atoms with E-state index in [-0.39, 0.29) is 11.3 Å². The molecule has 0 unspecified atom stereocenters. The van der Waals surface area contributed by atoms with E-state index in [2.05, 4.69) is 28.6 Å². The molecule has 1 fully saturated rings. The maximum absolute atomic E-state index is 12.5. The van der Waals surface area contributed by atoms with Gasteiger partial charge >= 0.3 is 0 Å². The van der Waals surface area contributed by atoms with Crippen molar-refractivity contribution in [3.8, 4) is 21.8 Å². The molecule has 1 aliphatic carbocycles.